The van der Waals surface area contributed by atoms with Gasteiger partial charge in [0.1, 0.15) is 17.6 Å². The standard InChI is InChI=1S/C34H41NO10/c1-13-9-8-10-14(2)34(44)35-20-12-21(36)23-24(30(41)18(6)31(42)25(23)32(20)43)27(38)15(3)11-22-33(45-22)19(7)29(40)17(5)28(39)16(4)26(13)37/h8-13,16-17,19,22,26,28-29,33,37,39-42H,1-7H3,(H,35,44)/t13-,16+,17+,19-,22?,26-,28+,29-,33?/m0/s1. The molecule has 3 aliphatic heterocycles. The quantitative estimate of drug-likeness (QED) is 0.234. The number of carbonyl (C=O) groups is 4. The summed E-state index contributed by atoms with van der Waals surface area (Å²) in [7, 11) is 0. The third-order valence-electron chi connectivity index (χ3n) is 9.36. The van der Waals surface area contributed by atoms with Crippen LogP contribution in [0.25, 0.3) is 0 Å². The van der Waals surface area contributed by atoms with Crippen molar-refractivity contribution in [1.29, 1.82) is 0 Å². The molecule has 11 nitrogen and oxygen atoms in total. The molecule has 1 saturated heterocycles. The molecule has 3 heterocycles. The van der Waals surface area contributed by atoms with Crippen molar-refractivity contribution in [3.8, 4) is 11.5 Å². The third kappa shape index (κ3) is 6.30. The summed E-state index contributed by atoms with van der Waals surface area (Å²) >= 11 is 0. The molecule has 1 amide bonds. The number of rotatable bonds is 0. The van der Waals surface area contributed by atoms with Crippen LogP contribution in [0.1, 0.15) is 78.2 Å². The number of aliphatic hydroxyl groups excluding tert-OH is 3. The highest BCUT2D eigenvalue weighted by Gasteiger charge is 2.47. The number of ether oxygens (including phenoxy) is 1. The number of hydrogen-bond acceptors (Lipinski definition) is 10. The average Bonchev–Trinajstić information content (AvgIpc) is 3.77. The molecule has 242 valence electrons. The van der Waals surface area contributed by atoms with Gasteiger partial charge in [0, 0.05) is 40.9 Å². The first kappa shape index (κ1) is 34.0. The summed E-state index contributed by atoms with van der Waals surface area (Å²) in [6.45, 7) is 11.1. The van der Waals surface area contributed by atoms with Crippen molar-refractivity contribution in [2.24, 2.45) is 23.7 Å². The second-order valence-electron chi connectivity index (χ2n) is 12.5. The van der Waals surface area contributed by atoms with E-state index in [4.69, 9.17) is 4.74 Å². The summed E-state index contributed by atoms with van der Waals surface area (Å²) < 4.78 is 5.75. The normalized spacial score (nSPS) is 33.2. The van der Waals surface area contributed by atoms with E-state index in [1.54, 1.807) is 39.8 Å². The van der Waals surface area contributed by atoms with Gasteiger partial charge in [0.05, 0.1) is 46.8 Å². The maximum atomic E-state index is 13.7. The van der Waals surface area contributed by atoms with Gasteiger partial charge in [-0.2, -0.15) is 0 Å². The maximum absolute atomic E-state index is 13.7. The van der Waals surface area contributed by atoms with E-state index in [9.17, 15) is 44.7 Å². The second-order valence-corrected chi connectivity index (χ2v) is 12.5. The van der Waals surface area contributed by atoms with Gasteiger partial charge >= 0.3 is 0 Å². The van der Waals surface area contributed by atoms with E-state index < -0.39 is 111 Å². The molecule has 5 rings (SSSR count). The number of phenolic OH excluding ortho intramolecular Hbond substituents is 2. The lowest BCUT2D eigenvalue weighted by Gasteiger charge is -2.34. The fourth-order valence-electron chi connectivity index (χ4n) is 6.07. The molecule has 0 aromatic heterocycles. The summed E-state index contributed by atoms with van der Waals surface area (Å²) in [5, 5.41) is 57.2. The number of aliphatic hydroxyl groups is 3. The van der Waals surface area contributed by atoms with Gasteiger partial charge in [0.2, 0.25) is 5.78 Å². The van der Waals surface area contributed by atoms with Crippen molar-refractivity contribution < 1.29 is 49.4 Å². The Balaban J connectivity index is 1.81. The van der Waals surface area contributed by atoms with Gasteiger partial charge in [-0.15, -0.1) is 0 Å². The molecule has 1 aliphatic carbocycles. The van der Waals surface area contributed by atoms with Crippen molar-refractivity contribution in [3.05, 3.63) is 69.5 Å². The first-order valence-corrected chi connectivity index (χ1v) is 15.0. The fraction of sp³-hybridized carbons (Fsp3) is 0.471. The molecule has 1 fully saturated rings. The molecule has 0 radical (unpaired) electrons. The molecule has 6 N–H and O–H groups in total. The molecule has 45 heavy (non-hydrogen) atoms. The van der Waals surface area contributed by atoms with Crippen LogP contribution in [0.2, 0.25) is 0 Å². The first-order valence-electron chi connectivity index (χ1n) is 15.0. The zero-order valence-electron chi connectivity index (χ0n) is 26.4. The molecule has 4 bridgehead atoms. The van der Waals surface area contributed by atoms with Gasteiger partial charge in [-0.1, -0.05) is 45.9 Å². The predicted molar refractivity (Wildman–Crippen MR) is 164 cm³/mol. The molecule has 9 atom stereocenters. The van der Waals surface area contributed by atoms with Crippen molar-refractivity contribution in [1.82, 2.24) is 5.32 Å². The highest BCUT2D eigenvalue weighted by molar-refractivity contribution is 6.31. The minimum Gasteiger partial charge on any atom is -0.507 e. The van der Waals surface area contributed by atoms with Crippen LogP contribution in [0, 0.1) is 30.6 Å². The van der Waals surface area contributed by atoms with Gasteiger partial charge in [-0.05, 0) is 32.4 Å². The van der Waals surface area contributed by atoms with E-state index in [1.165, 1.54) is 32.9 Å². The van der Waals surface area contributed by atoms with E-state index in [2.05, 4.69) is 5.32 Å². The maximum Gasteiger partial charge on any atom is 0.251 e. The van der Waals surface area contributed by atoms with Gasteiger partial charge in [-0.3, -0.25) is 19.2 Å². The molecule has 1 aromatic carbocycles. The number of aromatic hydroxyl groups is 2. The largest absolute Gasteiger partial charge is 0.507 e. The number of Topliss-reactive ketones (excluding diaryl/α,β-unsaturated/α-hetero) is 2. The number of amides is 1. The smallest absolute Gasteiger partial charge is 0.251 e. The minimum atomic E-state index is -1.07. The van der Waals surface area contributed by atoms with Gasteiger partial charge in [0.25, 0.3) is 5.91 Å². The van der Waals surface area contributed by atoms with E-state index in [0.717, 1.165) is 6.08 Å². The first-order chi connectivity index (χ1) is 21.0. The van der Waals surface area contributed by atoms with Crippen LogP contribution >= 0.6 is 0 Å². The average molecular weight is 624 g/mol. The lowest BCUT2D eigenvalue weighted by Crippen LogP contribution is -2.43. The second kappa shape index (κ2) is 12.8. The van der Waals surface area contributed by atoms with Crippen molar-refractivity contribution in [2.45, 2.75) is 79.0 Å². The highest BCUT2D eigenvalue weighted by atomic mass is 16.6. The Hall–Kier alpha value is -3.90. The van der Waals surface area contributed by atoms with E-state index in [1.807, 2.05) is 0 Å². The van der Waals surface area contributed by atoms with Crippen LogP contribution in [-0.2, 0) is 9.53 Å². The number of ketones is 3. The third-order valence-corrected chi connectivity index (χ3v) is 9.36. The lowest BCUT2D eigenvalue weighted by atomic mass is 9.78. The number of benzene rings is 1. The molecule has 2 unspecified atom stereocenters. The number of nitrogens with one attached hydrogen (secondary N) is 1. The van der Waals surface area contributed by atoms with Crippen LogP contribution in [0.4, 0.5) is 0 Å². The monoisotopic (exact) mass is 623 g/mol. The summed E-state index contributed by atoms with van der Waals surface area (Å²) in [5.74, 6) is -6.81. The van der Waals surface area contributed by atoms with Gasteiger partial charge < -0.3 is 35.6 Å². The van der Waals surface area contributed by atoms with Crippen molar-refractivity contribution >= 4 is 23.3 Å². The van der Waals surface area contributed by atoms with Gasteiger partial charge in [0.15, 0.2) is 11.6 Å². The Kier molecular flexibility index (Phi) is 9.70. The molecule has 4 aliphatic rings. The number of carbonyl (C=O) groups excluding carboxylic acids is 4. The zero-order chi connectivity index (χ0) is 33.7. The minimum absolute atomic E-state index is 0.0839. The van der Waals surface area contributed by atoms with E-state index in [0.29, 0.717) is 0 Å². The highest BCUT2D eigenvalue weighted by Crippen LogP contribution is 2.42. The molecular weight excluding hydrogens is 582 g/mol. The summed E-state index contributed by atoms with van der Waals surface area (Å²) in [5.41, 5.74) is -1.82. The number of hydrogen-bond donors (Lipinski definition) is 6. The van der Waals surface area contributed by atoms with Crippen LogP contribution < -0.4 is 5.32 Å². The Labute approximate surface area is 261 Å². The van der Waals surface area contributed by atoms with Crippen molar-refractivity contribution in [2.75, 3.05) is 0 Å². The van der Waals surface area contributed by atoms with Gasteiger partial charge in [-0.25, -0.2) is 0 Å². The Morgan fingerprint density at radius 1 is 0.733 bits per heavy atom. The Morgan fingerprint density at radius 2 is 1.29 bits per heavy atom. The number of allylic oxidation sites excluding steroid dienone is 5. The lowest BCUT2D eigenvalue weighted by molar-refractivity contribution is -0.116. The molecular formula is C34H41NO10. The Morgan fingerprint density at radius 3 is 1.91 bits per heavy atom. The molecule has 11 heteroatoms. The van der Waals surface area contributed by atoms with Crippen LogP contribution in [-0.4, -0.2) is 79.3 Å². The fourth-order valence-corrected chi connectivity index (χ4v) is 6.07. The number of fused-ring (bicyclic) bond motifs is 12. The molecule has 0 spiro atoms. The number of phenols is 2. The zero-order valence-corrected chi connectivity index (χ0v) is 26.4. The predicted octanol–water partition coefficient (Wildman–Crippen LogP) is 2.82. The molecule has 0 saturated carbocycles. The molecule has 1 aromatic rings. The number of epoxide rings is 1. The summed E-state index contributed by atoms with van der Waals surface area (Å²) in [6, 6.07) is 0. The van der Waals surface area contributed by atoms with E-state index >= 15 is 0 Å². The summed E-state index contributed by atoms with van der Waals surface area (Å²) in [4.78, 5) is 53.4. The van der Waals surface area contributed by atoms with Crippen molar-refractivity contribution in [3.63, 3.8) is 0 Å². The van der Waals surface area contributed by atoms with Crippen LogP contribution in [0.15, 0.2) is 47.2 Å². The van der Waals surface area contributed by atoms with Crippen LogP contribution in [0.3, 0.4) is 0 Å². The van der Waals surface area contributed by atoms with E-state index in [-0.39, 0.29) is 16.7 Å². The topological polar surface area (TPSA) is 194 Å². The Bertz CT molecular complexity index is 1570. The van der Waals surface area contributed by atoms with Crippen LogP contribution in [0.5, 0.6) is 11.5 Å². The SMILES string of the molecule is CC1=CC=C[C@H](C)[C@H](O)[C@@H](C)[C@@H](O)[C@@H](C)[C@H](O)[C@H](C)C2OC2C=C(C)C(=O)c2c(O)c(C)c(O)c3c2C(=O)C=C(NC1=O)C3=O. The summed E-state index contributed by atoms with van der Waals surface area (Å²) in [6.07, 6.45) is 2.82.